The fraction of sp³-hybridized carbons (Fsp3) is 0.455. The molecule has 1 aliphatic rings. The van der Waals surface area contributed by atoms with Crippen molar-refractivity contribution < 1.29 is 17.7 Å². The molecule has 1 heterocycles. The van der Waals surface area contributed by atoms with Gasteiger partial charge < -0.3 is 5.32 Å². The van der Waals surface area contributed by atoms with Gasteiger partial charge in [0.2, 0.25) is 15.8 Å². The molecule has 1 unspecified atom stereocenters. The maximum absolute atomic E-state index is 13.3. The number of halogens is 1. The van der Waals surface area contributed by atoms with Crippen molar-refractivity contribution in [1.29, 1.82) is 0 Å². The number of nitrogens with one attached hydrogen (secondary N) is 1. The zero-order valence-electron chi connectivity index (χ0n) is 10.7. The Bertz CT molecular complexity index is 635. The van der Waals surface area contributed by atoms with Crippen LogP contribution in [0.2, 0.25) is 0 Å². The third-order valence-corrected chi connectivity index (χ3v) is 5.17. The lowest BCUT2D eigenvalue weighted by molar-refractivity contribution is -0.387. The van der Waals surface area contributed by atoms with Crippen LogP contribution in [0.3, 0.4) is 0 Å². The molecule has 1 N–H and O–H groups in total. The Morgan fingerprint density at radius 2 is 2.20 bits per heavy atom. The van der Waals surface area contributed by atoms with Crippen molar-refractivity contribution in [3.63, 3.8) is 0 Å². The number of hydrogen-bond acceptors (Lipinski definition) is 5. The van der Waals surface area contributed by atoms with Gasteiger partial charge in [0.05, 0.1) is 9.82 Å². The molecule has 0 amide bonds. The molecule has 1 saturated heterocycles. The van der Waals surface area contributed by atoms with Crippen LogP contribution in [0.5, 0.6) is 0 Å². The Kier molecular flexibility index (Phi) is 4.02. The molecule has 0 radical (unpaired) electrons. The number of nitrogens with zero attached hydrogens (tertiary/aromatic N) is 2. The molecule has 0 aromatic heterocycles. The van der Waals surface area contributed by atoms with E-state index >= 15 is 0 Å². The van der Waals surface area contributed by atoms with E-state index in [1.54, 1.807) is 6.92 Å². The van der Waals surface area contributed by atoms with E-state index in [9.17, 15) is 22.9 Å². The molecule has 2 rings (SSSR count). The summed E-state index contributed by atoms with van der Waals surface area (Å²) in [4.78, 5) is 9.49. The van der Waals surface area contributed by atoms with Crippen LogP contribution >= 0.6 is 0 Å². The molecule has 1 fully saturated rings. The molecular weight excluding hydrogens is 289 g/mol. The summed E-state index contributed by atoms with van der Waals surface area (Å²) in [5.41, 5.74) is -0.839. The smallest absolute Gasteiger partial charge is 0.306 e. The zero-order valence-corrected chi connectivity index (χ0v) is 11.6. The number of sulfonamides is 1. The molecular formula is C11H14FN3O4S. The van der Waals surface area contributed by atoms with Crippen LogP contribution in [0.25, 0.3) is 0 Å². The summed E-state index contributed by atoms with van der Waals surface area (Å²) in [5.74, 6) is -1.05. The SMILES string of the molecule is CC1CNCCN1S(=O)(=O)c1ccc(F)c([N+](=O)[O-])c1. The Morgan fingerprint density at radius 1 is 1.50 bits per heavy atom. The first-order valence-corrected chi connectivity index (χ1v) is 7.44. The molecule has 110 valence electrons. The molecule has 0 aliphatic carbocycles. The highest BCUT2D eigenvalue weighted by molar-refractivity contribution is 7.89. The Balaban J connectivity index is 2.44. The Hall–Kier alpha value is -1.58. The van der Waals surface area contributed by atoms with Crippen molar-refractivity contribution in [3.8, 4) is 0 Å². The van der Waals surface area contributed by atoms with E-state index in [1.165, 1.54) is 4.31 Å². The monoisotopic (exact) mass is 303 g/mol. The van der Waals surface area contributed by atoms with Crippen molar-refractivity contribution in [1.82, 2.24) is 9.62 Å². The molecule has 9 heteroatoms. The fourth-order valence-electron chi connectivity index (χ4n) is 2.11. The number of nitro benzene ring substituents is 1. The zero-order chi connectivity index (χ0) is 14.9. The number of rotatable bonds is 3. The first-order valence-electron chi connectivity index (χ1n) is 6.00. The topological polar surface area (TPSA) is 92.6 Å². The van der Waals surface area contributed by atoms with Crippen molar-refractivity contribution in [3.05, 3.63) is 34.1 Å². The second-order valence-corrected chi connectivity index (χ2v) is 6.43. The highest BCUT2D eigenvalue weighted by atomic mass is 32.2. The highest BCUT2D eigenvalue weighted by Gasteiger charge is 2.32. The van der Waals surface area contributed by atoms with E-state index in [-0.39, 0.29) is 17.5 Å². The van der Waals surface area contributed by atoms with E-state index < -0.39 is 26.5 Å². The van der Waals surface area contributed by atoms with Crippen LogP contribution in [0, 0.1) is 15.9 Å². The van der Waals surface area contributed by atoms with Gasteiger partial charge in [-0.3, -0.25) is 10.1 Å². The van der Waals surface area contributed by atoms with E-state index in [0.717, 1.165) is 18.2 Å². The number of nitro groups is 1. The maximum atomic E-state index is 13.3. The van der Waals surface area contributed by atoms with Crippen LogP contribution in [0.1, 0.15) is 6.92 Å². The van der Waals surface area contributed by atoms with Gasteiger partial charge in [-0.1, -0.05) is 0 Å². The van der Waals surface area contributed by atoms with Crippen molar-refractivity contribution >= 4 is 15.7 Å². The molecule has 0 spiro atoms. The first-order chi connectivity index (χ1) is 9.34. The summed E-state index contributed by atoms with van der Waals surface area (Å²) in [6.07, 6.45) is 0. The lowest BCUT2D eigenvalue weighted by Gasteiger charge is -2.32. The van der Waals surface area contributed by atoms with E-state index in [4.69, 9.17) is 0 Å². The summed E-state index contributed by atoms with van der Waals surface area (Å²) >= 11 is 0. The molecule has 7 nitrogen and oxygen atoms in total. The Labute approximate surface area is 115 Å². The maximum Gasteiger partial charge on any atom is 0.306 e. The molecule has 1 aromatic rings. The number of benzene rings is 1. The predicted octanol–water partition coefficient (Wildman–Crippen LogP) is 0.716. The van der Waals surface area contributed by atoms with Gasteiger partial charge in [-0.2, -0.15) is 8.70 Å². The second kappa shape index (κ2) is 5.43. The van der Waals surface area contributed by atoms with Crippen LogP contribution in [-0.4, -0.2) is 43.3 Å². The molecule has 1 aliphatic heterocycles. The average Bonchev–Trinajstić information content (AvgIpc) is 2.38. The predicted molar refractivity (Wildman–Crippen MR) is 69.3 cm³/mol. The molecule has 1 atom stereocenters. The van der Waals surface area contributed by atoms with Crippen LogP contribution < -0.4 is 5.32 Å². The minimum absolute atomic E-state index is 0.264. The summed E-state index contributed by atoms with van der Waals surface area (Å²) < 4.78 is 39.4. The van der Waals surface area contributed by atoms with Crippen molar-refractivity contribution in [2.24, 2.45) is 0 Å². The van der Waals surface area contributed by atoms with Crippen molar-refractivity contribution in [2.75, 3.05) is 19.6 Å². The quantitative estimate of drug-likeness (QED) is 0.656. The van der Waals surface area contributed by atoms with Crippen LogP contribution in [0.15, 0.2) is 23.1 Å². The van der Waals surface area contributed by atoms with Gasteiger partial charge in [0.25, 0.3) is 0 Å². The van der Waals surface area contributed by atoms with Gasteiger partial charge in [-0.15, -0.1) is 0 Å². The summed E-state index contributed by atoms with van der Waals surface area (Å²) in [7, 11) is -3.86. The minimum Gasteiger partial charge on any atom is -0.314 e. The standard InChI is InChI=1S/C11H14FN3O4S/c1-8-7-13-4-5-14(8)20(18,19)9-2-3-10(12)11(6-9)15(16)17/h2-3,6,8,13H,4-5,7H2,1H3. The summed E-state index contributed by atoms with van der Waals surface area (Å²) in [6.45, 7) is 3.02. The van der Waals surface area contributed by atoms with E-state index in [1.807, 2.05) is 0 Å². The summed E-state index contributed by atoms with van der Waals surface area (Å²) in [6, 6.07) is 2.35. The summed E-state index contributed by atoms with van der Waals surface area (Å²) in [5, 5.41) is 13.7. The van der Waals surface area contributed by atoms with Gasteiger partial charge in [-0.25, -0.2) is 8.42 Å². The van der Waals surface area contributed by atoms with Gasteiger partial charge in [0.15, 0.2) is 0 Å². The molecule has 0 bridgehead atoms. The third kappa shape index (κ3) is 2.65. The van der Waals surface area contributed by atoms with E-state index in [0.29, 0.717) is 13.1 Å². The van der Waals surface area contributed by atoms with Gasteiger partial charge in [-0.05, 0) is 19.1 Å². The average molecular weight is 303 g/mol. The van der Waals surface area contributed by atoms with Crippen molar-refractivity contribution in [2.45, 2.75) is 17.9 Å². The number of hydrogen-bond donors (Lipinski definition) is 1. The lowest BCUT2D eigenvalue weighted by atomic mass is 10.3. The van der Waals surface area contributed by atoms with Gasteiger partial charge >= 0.3 is 5.69 Å². The molecule has 0 saturated carbocycles. The highest BCUT2D eigenvalue weighted by Crippen LogP contribution is 2.25. The third-order valence-electron chi connectivity index (χ3n) is 3.16. The fourth-order valence-corrected chi connectivity index (χ4v) is 3.76. The lowest BCUT2D eigenvalue weighted by Crippen LogP contribution is -2.52. The Morgan fingerprint density at radius 3 is 2.80 bits per heavy atom. The van der Waals surface area contributed by atoms with Crippen LogP contribution in [0.4, 0.5) is 10.1 Å². The van der Waals surface area contributed by atoms with Gasteiger partial charge in [0, 0.05) is 31.7 Å². The largest absolute Gasteiger partial charge is 0.314 e. The van der Waals surface area contributed by atoms with Gasteiger partial charge in [0.1, 0.15) is 0 Å². The van der Waals surface area contributed by atoms with E-state index in [2.05, 4.69) is 5.32 Å². The molecule has 20 heavy (non-hydrogen) atoms. The number of piperazine rings is 1. The second-order valence-electron chi connectivity index (χ2n) is 4.54. The molecule has 1 aromatic carbocycles. The normalized spacial score (nSPS) is 20.8. The van der Waals surface area contributed by atoms with Crippen LogP contribution in [-0.2, 0) is 10.0 Å². The minimum atomic E-state index is -3.86. The first kappa shape index (κ1) is 14.8.